The van der Waals surface area contributed by atoms with Crippen LogP contribution in [0.5, 0.6) is 5.75 Å². The summed E-state index contributed by atoms with van der Waals surface area (Å²) in [5.41, 5.74) is 2.10. The summed E-state index contributed by atoms with van der Waals surface area (Å²) in [6, 6.07) is 5.37. The van der Waals surface area contributed by atoms with Crippen LogP contribution in [0.15, 0.2) is 18.2 Å². The molecule has 1 unspecified atom stereocenters. The van der Waals surface area contributed by atoms with E-state index < -0.39 is 0 Å². The van der Waals surface area contributed by atoms with Crippen LogP contribution in [0.3, 0.4) is 0 Å². The molecule has 0 bridgehead atoms. The van der Waals surface area contributed by atoms with Crippen LogP contribution in [0.1, 0.15) is 24.1 Å². The Morgan fingerprint density at radius 2 is 2.39 bits per heavy atom. The average molecular weight is 245 g/mol. The summed E-state index contributed by atoms with van der Waals surface area (Å²) >= 11 is 0. The van der Waals surface area contributed by atoms with Crippen molar-refractivity contribution in [3.05, 3.63) is 29.3 Å². The highest BCUT2D eigenvalue weighted by Crippen LogP contribution is 2.29. The molecule has 5 heteroatoms. The largest absolute Gasteiger partial charge is 0.496 e. The highest BCUT2D eigenvalue weighted by atomic mass is 16.5. The third kappa shape index (κ3) is 2.09. The molecule has 0 aromatic heterocycles. The van der Waals surface area contributed by atoms with Crippen molar-refractivity contribution in [2.24, 2.45) is 0 Å². The van der Waals surface area contributed by atoms with E-state index in [1.165, 1.54) is 5.56 Å². The Bertz CT molecular complexity index is 507. The number of aryl methyl sites for hydroxylation is 1. The third-order valence-electron chi connectivity index (χ3n) is 3.11. The minimum Gasteiger partial charge on any atom is -0.496 e. The van der Waals surface area contributed by atoms with Crippen LogP contribution in [0.25, 0.3) is 0 Å². The molecule has 1 aliphatic heterocycles. The number of ether oxygens (including phenoxy) is 1. The van der Waals surface area contributed by atoms with Crippen LogP contribution in [0, 0.1) is 11.5 Å². The first-order valence-corrected chi connectivity index (χ1v) is 5.84. The Morgan fingerprint density at radius 3 is 2.94 bits per heavy atom. The molecule has 0 aliphatic carbocycles. The van der Waals surface area contributed by atoms with Gasteiger partial charge in [0, 0.05) is 5.56 Å². The SMILES string of the molecule is CCc1ccc(OC)c(C2CN(C#N)C(=O)N2)c1. The molecule has 1 aromatic carbocycles. The number of nitriles is 1. The number of nitrogens with zero attached hydrogens (tertiary/aromatic N) is 2. The number of methoxy groups -OCH3 is 1. The van der Waals surface area contributed by atoms with Gasteiger partial charge in [-0.2, -0.15) is 5.26 Å². The molecule has 1 aromatic rings. The summed E-state index contributed by atoms with van der Waals surface area (Å²) < 4.78 is 5.31. The van der Waals surface area contributed by atoms with Crippen molar-refractivity contribution in [3.8, 4) is 11.9 Å². The number of urea groups is 1. The molecule has 0 saturated carbocycles. The maximum absolute atomic E-state index is 11.5. The van der Waals surface area contributed by atoms with Gasteiger partial charge < -0.3 is 10.1 Å². The zero-order valence-electron chi connectivity index (χ0n) is 10.4. The Hall–Kier alpha value is -2.22. The van der Waals surface area contributed by atoms with Crippen LogP contribution < -0.4 is 10.1 Å². The molecule has 1 fully saturated rings. The third-order valence-corrected chi connectivity index (χ3v) is 3.11. The Balaban J connectivity index is 2.33. The van der Waals surface area contributed by atoms with Crippen molar-refractivity contribution in [2.45, 2.75) is 19.4 Å². The van der Waals surface area contributed by atoms with Gasteiger partial charge in [-0.05, 0) is 24.1 Å². The van der Waals surface area contributed by atoms with Gasteiger partial charge in [0.25, 0.3) is 0 Å². The molecule has 1 N–H and O–H groups in total. The van der Waals surface area contributed by atoms with E-state index in [1.54, 1.807) is 7.11 Å². The van der Waals surface area contributed by atoms with Gasteiger partial charge in [0.2, 0.25) is 0 Å². The van der Waals surface area contributed by atoms with E-state index >= 15 is 0 Å². The Kier molecular flexibility index (Phi) is 3.38. The van der Waals surface area contributed by atoms with Gasteiger partial charge in [0.15, 0.2) is 6.19 Å². The van der Waals surface area contributed by atoms with Gasteiger partial charge in [-0.25, -0.2) is 9.69 Å². The van der Waals surface area contributed by atoms with E-state index in [0.717, 1.165) is 22.6 Å². The number of carbonyl (C=O) groups excluding carboxylic acids is 1. The molecule has 5 nitrogen and oxygen atoms in total. The topological polar surface area (TPSA) is 65.4 Å². The molecular weight excluding hydrogens is 230 g/mol. The molecule has 1 aliphatic rings. The fourth-order valence-corrected chi connectivity index (χ4v) is 2.08. The first-order chi connectivity index (χ1) is 8.69. The lowest BCUT2D eigenvalue weighted by molar-refractivity contribution is 0.232. The molecule has 18 heavy (non-hydrogen) atoms. The minimum atomic E-state index is -0.355. The fraction of sp³-hybridized carbons (Fsp3) is 0.385. The number of rotatable bonds is 3. The van der Waals surface area contributed by atoms with Gasteiger partial charge in [0.05, 0.1) is 19.7 Å². The molecule has 2 amide bonds. The second-order valence-electron chi connectivity index (χ2n) is 4.14. The molecule has 1 heterocycles. The lowest BCUT2D eigenvalue weighted by Crippen LogP contribution is -2.23. The van der Waals surface area contributed by atoms with Gasteiger partial charge in [-0.3, -0.25) is 0 Å². The van der Waals surface area contributed by atoms with E-state index in [4.69, 9.17) is 10.00 Å². The van der Waals surface area contributed by atoms with Crippen molar-refractivity contribution in [3.63, 3.8) is 0 Å². The summed E-state index contributed by atoms with van der Waals surface area (Å²) in [5.74, 6) is 0.734. The molecule has 1 saturated heterocycles. The van der Waals surface area contributed by atoms with Crippen molar-refractivity contribution >= 4 is 6.03 Å². The standard InChI is InChI=1S/C13H15N3O2/c1-3-9-4-5-12(18-2)10(6-9)11-7-16(8-14)13(17)15-11/h4-6,11H,3,7H2,1-2H3,(H,15,17). The van der Waals surface area contributed by atoms with Crippen LogP contribution in [-0.4, -0.2) is 24.6 Å². The number of carbonyl (C=O) groups is 1. The summed E-state index contributed by atoms with van der Waals surface area (Å²) in [4.78, 5) is 12.6. The molecule has 0 radical (unpaired) electrons. The lowest BCUT2D eigenvalue weighted by Gasteiger charge is -2.15. The predicted molar refractivity (Wildman–Crippen MR) is 66.0 cm³/mol. The Morgan fingerprint density at radius 1 is 1.61 bits per heavy atom. The highest BCUT2D eigenvalue weighted by molar-refractivity contribution is 5.79. The normalized spacial score (nSPS) is 18.4. The first kappa shape index (κ1) is 12.2. The summed E-state index contributed by atoms with van der Waals surface area (Å²) in [6.45, 7) is 2.42. The van der Waals surface area contributed by atoms with E-state index in [-0.39, 0.29) is 12.1 Å². The number of benzene rings is 1. The second-order valence-corrected chi connectivity index (χ2v) is 4.14. The number of hydrogen-bond donors (Lipinski definition) is 1. The number of nitrogens with one attached hydrogen (secondary N) is 1. The van der Waals surface area contributed by atoms with E-state index in [0.29, 0.717) is 6.54 Å². The smallest absolute Gasteiger partial charge is 0.331 e. The molecule has 1 atom stereocenters. The van der Waals surface area contributed by atoms with Gasteiger partial charge in [-0.1, -0.05) is 13.0 Å². The van der Waals surface area contributed by atoms with Crippen LogP contribution >= 0.6 is 0 Å². The maximum Gasteiger partial charge on any atom is 0.331 e. The van der Waals surface area contributed by atoms with Gasteiger partial charge in [-0.15, -0.1) is 0 Å². The van der Waals surface area contributed by atoms with E-state index in [9.17, 15) is 4.79 Å². The number of amides is 2. The molecule has 0 spiro atoms. The summed E-state index contributed by atoms with van der Waals surface area (Å²) in [7, 11) is 1.60. The van der Waals surface area contributed by atoms with E-state index in [1.807, 2.05) is 24.4 Å². The predicted octanol–water partition coefficient (Wildman–Crippen LogP) is 1.80. The lowest BCUT2D eigenvalue weighted by atomic mass is 10.0. The van der Waals surface area contributed by atoms with Gasteiger partial charge >= 0.3 is 6.03 Å². The van der Waals surface area contributed by atoms with Crippen molar-refractivity contribution < 1.29 is 9.53 Å². The van der Waals surface area contributed by atoms with Crippen LogP contribution in [-0.2, 0) is 6.42 Å². The minimum absolute atomic E-state index is 0.196. The summed E-state index contributed by atoms with van der Waals surface area (Å²) in [6.07, 6.45) is 2.78. The van der Waals surface area contributed by atoms with Gasteiger partial charge in [0.1, 0.15) is 5.75 Å². The first-order valence-electron chi connectivity index (χ1n) is 5.84. The van der Waals surface area contributed by atoms with E-state index in [2.05, 4.69) is 12.2 Å². The fourth-order valence-electron chi connectivity index (χ4n) is 2.08. The van der Waals surface area contributed by atoms with Crippen LogP contribution in [0.2, 0.25) is 0 Å². The maximum atomic E-state index is 11.5. The van der Waals surface area contributed by atoms with Crippen molar-refractivity contribution in [1.29, 1.82) is 5.26 Å². The monoisotopic (exact) mass is 245 g/mol. The quantitative estimate of drug-likeness (QED) is 0.826. The highest BCUT2D eigenvalue weighted by Gasteiger charge is 2.31. The van der Waals surface area contributed by atoms with Crippen molar-refractivity contribution in [2.75, 3.05) is 13.7 Å². The summed E-state index contributed by atoms with van der Waals surface area (Å²) in [5, 5.41) is 11.6. The molecule has 94 valence electrons. The molecular formula is C13H15N3O2. The second kappa shape index (κ2) is 4.96. The average Bonchev–Trinajstić information content (AvgIpc) is 2.79. The zero-order valence-corrected chi connectivity index (χ0v) is 10.4. The van der Waals surface area contributed by atoms with Crippen LogP contribution in [0.4, 0.5) is 4.79 Å². The Labute approximate surface area is 106 Å². The van der Waals surface area contributed by atoms with Crippen molar-refractivity contribution in [1.82, 2.24) is 10.2 Å². The number of hydrogen-bond acceptors (Lipinski definition) is 3. The zero-order chi connectivity index (χ0) is 13.1. The molecule has 2 rings (SSSR count).